The maximum Gasteiger partial charge on any atom is 0.472 e. The molecule has 0 spiro atoms. The summed E-state index contributed by atoms with van der Waals surface area (Å²) in [6, 6.07) is 1.43. The second-order valence-electron chi connectivity index (χ2n) is 6.19. The highest BCUT2D eigenvalue weighted by Gasteiger charge is 2.50. The highest BCUT2D eigenvalue weighted by molar-refractivity contribution is 7.47. The summed E-state index contributed by atoms with van der Waals surface area (Å²) in [5.74, 6) is 2.38. The van der Waals surface area contributed by atoms with Crippen molar-refractivity contribution in [3.8, 4) is 12.3 Å². The van der Waals surface area contributed by atoms with E-state index in [9.17, 15) is 14.3 Å². The third kappa shape index (κ3) is 5.39. The molecule has 1 fully saturated rings. The first-order valence-electron chi connectivity index (χ1n) is 8.43. The Hall–Kier alpha value is -1.73. The summed E-state index contributed by atoms with van der Waals surface area (Å²) in [5.41, 5.74) is 4.86. The number of phosphoric acid groups is 1. The molecule has 150 valence electrons. The van der Waals surface area contributed by atoms with E-state index in [1.54, 1.807) is 20.8 Å². The van der Waals surface area contributed by atoms with Gasteiger partial charge in [-0.3, -0.25) is 13.6 Å². The summed E-state index contributed by atoms with van der Waals surface area (Å²) in [4.78, 5) is 25.9. The molecule has 0 radical (unpaired) electrons. The fourth-order valence-electron chi connectivity index (χ4n) is 2.77. The van der Waals surface area contributed by atoms with E-state index in [1.807, 2.05) is 0 Å². The Bertz CT molecular complexity index is 791. The quantitative estimate of drug-likeness (QED) is 0.484. The number of nitrogens with two attached hydrogens (primary N) is 1. The molecule has 1 saturated heterocycles. The number of nitrogen functional groups attached to an aromatic ring is 1. The van der Waals surface area contributed by atoms with Gasteiger partial charge < -0.3 is 20.1 Å². The van der Waals surface area contributed by atoms with E-state index in [0.29, 0.717) is 6.42 Å². The Morgan fingerprint density at radius 1 is 1.52 bits per heavy atom. The molecule has 0 aliphatic carbocycles. The summed E-state index contributed by atoms with van der Waals surface area (Å²) in [7, 11) is -4.39. The van der Waals surface area contributed by atoms with Gasteiger partial charge in [0.05, 0.1) is 12.2 Å². The molecule has 1 aromatic rings. The van der Waals surface area contributed by atoms with E-state index in [2.05, 4.69) is 10.9 Å². The van der Waals surface area contributed by atoms with Crippen LogP contribution in [0.2, 0.25) is 0 Å². The van der Waals surface area contributed by atoms with Crippen molar-refractivity contribution in [3.05, 3.63) is 22.7 Å². The van der Waals surface area contributed by atoms with Crippen LogP contribution in [0.5, 0.6) is 0 Å². The summed E-state index contributed by atoms with van der Waals surface area (Å²) < 4.78 is 35.2. The molecule has 2 heterocycles. The molecule has 2 rings (SSSR count). The minimum absolute atomic E-state index is 0.0559. The molecule has 0 bridgehead atoms. The van der Waals surface area contributed by atoms with Crippen LogP contribution in [0.25, 0.3) is 0 Å². The van der Waals surface area contributed by atoms with Gasteiger partial charge in [-0.2, -0.15) is 4.98 Å². The van der Waals surface area contributed by atoms with Gasteiger partial charge >= 0.3 is 13.5 Å². The predicted molar refractivity (Wildman–Crippen MR) is 96.6 cm³/mol. The number of terminal acetylenes is 1. The van der Waals surface area contributed by atoms with Crippen molar-refractivity contribution in [2.24, 2.45) is 0 Å². The fourth-order valence-corrected chi connectivity index (χ4v) is 3.92. The molecule has 11 heteroatoms. The van der Waals surface area contributed by atoms with E-state index in [4.69, 9.17) is 30.7 Å². The van der Waals surface area contributed by atoms with Crippen LogP contribution in [0, 0.1) is 12.3 Å². The predicted octanol–water partition coefficient (Wildman–Crippen LogP) is 1.06. The number of anilines is 1. The molecule has 27 heavy (non-hydrogen) atoms. The standard InChI is InChI=1S/C16H24N3O7P/c1-5-9-23-14-13(26-27(21,22)25-10(3)4)11(6-2)24-15(14)19-8-7-12(17)18-16(19)20/h1,7-8,10-11,13-15H,6,9H2,2-4H3,(H,21,22)(H2,17,18,20)/t11-,13+,14+,15-/m1/s1. The highest BCUT2D eigenvalue weighted by Crippen LogP contribution is 2.50. The van der Waals surface area contributed by atoms with Crippen LogP contribution in [0.1, 0.15) is 33.4 Å². The van der Waals surface area contributed by atoms with Crippen LogP contribution >= 0.6 is 7.82 Å². The molecule has 1 aromatic heterocycles. The summed E-state index contributed by atoms with van der Waals surface area (Å²) in [6.45, 7) is 4.89. The van der Waals surface area contributed by atoms with Gasteiger partial charge in [-0.15, -0.1) is 6.42 Å². The van der Waals surface area contributed by atoms with Crippen molar-refractivity contribution in [1.29, 1.82) is 0 Å². The summed E-state index contributed by atoms with van der Waals surface area (Å²) in [5, 5.41) is 0. The van der Waals surface area contributed by atoms with Crippen LogP contribution in [0.3, 0.4) is 0 Å². The second kappa shape index (κ2) is 8.97. The summed E-state index contributed by atoms with van der Waals surface area (Å²) >= 11 is 0. The van der Waals surface area contributed by atoms with Crippen molar-refractivity contribution in [3.63, 3.8) is 0 Å². The van der Waals surface area contributed by atoms with E-state index >= 15 is 0 Å². The third-order valence-electron chi connectivity index (χ3n) is 3.77. The number of aromatic nitrogens is 2. The molecule has 1 aliphatic heterocycles. The molecule has 0 amide bonds. The first kappa shape index (κ1) is 21.6. The lowest BCUT2D eigenvalue weighted by Crippen LogP contribution is -2.39. The van der Waals surface area contributed by atoms with Crippen LogP contribution < -0.4 is 11.4 Å². The van der Waals surface area contributed by atoms with Gasteiger partial charge in [0.2, 0.25) is 0 Å². The van der Waals surface area contributed by atoms with Crippen molar-refractivity contribution in [1.82, 2.24) is 9.55 Å². The van der Waals surface area contributed by atoms with Gasteiger partial charge in [0.25, 0.3) is 0 Å². The average Bonchev–Trinajstić information content (AvgIpc) is 2.88. The van der Waals surface area contributed by atoms with Crippen LogP contribution in [0.15, 0.2) is 17.1 Å². The number of hydrogen-bond acceptors (Lipinski definition) is 8. The molecule has 0 aromatic carbocycles. The van der Waals surface area contributed by atoms with Crippen molar-refractivity contribution < 1.29 is 28.0 Å². The Kier molecular flexibility index (Phi) is 7.17. The van der Waals surface area contributed by atoms with Crippen molar-refractivity contribution in [2.45, 2.75) is 57.8 Å². The van der Waals surface area contributed by atoms with Gasteiger partial charge in [0, 0.05) is 6.20 Å². The molecule has 1 unspecified atom stereocenters. The zero-order valence-corrected chi connectivity index (χ0v) is 16.2. The third-order valence-corrected chi connectivity index (χ3v) is 4.97. The Labute approximate surface area is 157 Å². The van der Waals surface area contributed by atoms with Crippen LogP contribution in [0.4, 0.5) is 5.82 Å². The van der Waals surface area contributed by atoms with Gasteiger partial charge in [0.1, 0.15) is 24.6 Å². The maximum absolute atomic E-state index is 12.3. The zero-order chi connectivity index (χ0) is 20.2. The Morgan fingerprint density at radius 3 is 2.78 bits per heavy atom. The van der Waals surface area contributed by atoms with Crippen molar-refractivity contribution in [2.75, 3.05) is 12.3 Å². The fraction of sp³-hybridized carbons (Fsp3) is 0.625. The Balaban J connectivity index is 2.37. The molecule has 10 nitrogen and oxygen atoms in total. The van der Waals surface area contributed by atoms with E-state index in [0.717, 1.165) is 0 Å². The topological polar surface area (TPSA) is 135 Å². The first-order valence-corrected chi connectivity index (χ1v) is 9.92. The van der Waals surface area contributed by atoms with Crippen LogP contribution in [-0.4, -0.2) is 45.5 Å². The smallest absolute Gasteiger partial charge is 0.383 e. The molecule has 0 saturated carbocycles. The lowest BCUT2D eigenvalue weighted by atomic mass is 10.1. The molecule has 1 aliphatic rings. The molecular weight excluding hydrogens is 377 g/mol. The minimum Gasteiger partial charge on any atom is -0.383 e. The molecule has 3 N–H and O–H groups in total. The van der Waals surface area contributed by atoms with Gasteiger partial charge in [-0.25, -0.2) is 9.36 Å². The highest BCUT2D eigenvalue weighted by atomic mass is 31.2. The zero-order valence-electron chi connectivity index (χ0n) is 15.3. The number of ether oxygens (including phenoxy) is 2. The van der Waals surface area contributed by atoms with Crippen molar-refractivity contribution >= 4 is 13.6 Å². The van der Waals surface area contributed by atoms with Crippen LogP contribution in [-0.2, 0) is 23.1 Å². The van der Waals surface area contributed by atoms with E-state index in [-0.39, 0.29) is 12.4 Å². The van der Waals surface area contributed by atoms with E-state index < -0.39 is 44.2 Å². The van der Waals surface area contributed by atoms with Gasteiger partial charge in [-0.05, 0) is 26.3 Å². The lowest BCUT2D eigenvalue weighted by molar-refractivity contribution is -0.0621. The first-order chi connectivity index (χ1) is 12.7. The normalized spacial score (nSPS) is 27.4. The number of nitrogens with zero attached hydrogens (tertiary/aromatic N) is 2. The summed E-state index contributed by atoms with van der Waals surface area (Å²) in [6.07, 6.45) is 3.02. The average molecular weight is 401 g/mol. The monoisotopic (exact) mass is 401 g/mol. The number of rotatable bonds is 8. The van der Waals surface area contributed by atoms with E-state index in [1.165, 1.54) is 16.8 Å². The largest absolute Gasteiger partial charge is 0.472 e. The lowest BCUT2D eigenvalue weighted by Gasteiger charge is -2.26. The minimum atomic E-state index is -4.39. The molecular formula is C16H24N3O7P. The van der Waals surface area contributed by atoms with Gasteiger partial charge in [0.15, 0.2) is 6.23 Å². The molecule has 5 atom stereocenters. The number of hydrogen-bond donors (Lipinski definition) is 2. The maximum atomic E-state index is 12.3. The van der Waals surface area contributed by atoms with Gasteiger partial charge in [-0.1, -0.05) is 12.8 Å². The SMILES string of the molecule is C#CCO[C@H]1[C@@H](OP(=O)(O)OC(C)C)[C@@H](CC)O[C@H]1n1ccc(N)nc1=O. The Morgan fingerprint density at radius 2 is 2.22 bits per heavy atom. The second-order valence-corrected chi connectivity index (χ2v) is 7.55. The number of phosphoric ester groups is 1.